The quantitative estimate of drug-likeness (QED) is 0.493. The Balaban J connectivity index is 1.85. The topological polar surface area (TPSA) is 85.1 Å². The molecule has 2 bridgehead atoms. The first-order chi connectivity index (χ1) is 8.78. The van der Waals surface area contributed by atoms with Crippen molar-refractivity contribution in [3.63, 3.8) is 0 Å². The van der Waals surface area contributed by atoms with Crippen molar-refractivity contribution in [1.82, 2.24) is 4.98 Å². The van der Waals surface area contributed by atoms with Gasteiger partial charge in [-0.05, 0) is 43.3 Å². The molecule has 94 valence electrons. The van der Waals surface area contributed by atoms with Gasteiger partial charge in [0.15, 0.2) is 0 Å². The van der Waals surface area contributed by atoms with Crippen molar-refractivity contribution in [2.45, 2.75) is 43.9 Å². The fourth-order valence-electron chi connectivity index (χ4n) is 3.16. The summed E-state index contributed by atoms with van der Waals surface area (Å²) in [6.07, 6.45) is 5.34. The number of piperidine rings is 1. The molecule has 0 spiro atoms. The Hall–Kier alpha value is -1.78. The second-order valence-corrected chi connectivity index (χ2v) is 4.98. The minimum Gasteiger partial charge on any atom is -0.393 e. The standard InChI is InChI=1S/C12H15N5O/c13-16-15-8-1-4-12(14-7-8)17-9-2-3-10(17)6-11(18)5-9/h1,4,7,9-11,18H,2-3,5-6H2/t9-,10+,11+. The highest BCUT2D eigenvalue weighted by Gasteiger charge is 2.40. The summed E-state index contributed by atoms with van der Waals surface area (Å²) in [7, 11) is 0. The van der Waals surface area contributed by atoms with Gasteiger partial charge in [0.2, 0.25) is 0 Å². The van der Waals surface area contributed by atoms with Crippen LogP contribution in [0, 0.1) is 0 Å². The number of fused-ring (bicyclic) bond motifs is 2. The second kappa shape index (κ2) is 4.48. The third-order valence-corrected chi connectivity index (χ3v) is 3.87. The van der Waals surface area contributed by atoms with E-state index in [1.54, 1.807) is 12.3 Å². The molecule has 3 rings (SSSR count). The number of azide groups is 1. The highest BCUT2D eigenvalue weighted by Crippen LogP contribution is 2.38. The lowest BCUT2D eigenvalue weighted by Crippen LogP contribution is -2.45. The minimum atomic E-state index is -0.166. The van der Waals surface area contributed by atoms with Crippen molar-refractivity contribution in [2.24, 2.45) is 5.11 Å². The summed E-state index contributed by atoms with van der Waals surface area (Å²) in [4.78, 5) is 9.42. The molecule has 2 aliphatic heterocycles. The van der Waals surface area contributed by atoms with E-state index in [4.69, 9.17) is 5.53 Å². The number of rotatable bonds is 2. The lowest BCUT2D eigenvalue weighted by Gasteiger charge is -2.38. The maximum absolute atomic E-state index is 9.77. The van der Waals surface area contributed by atoms with Gasteiger partial charge < -0.3 is 10.0 Å². The van der Waals surface area contributed by atoms with Gasteiger partial charge in [-0.15, -0.1) is 0 Å². The number of aliphatic hydroxyl groups is 1. The molecule has 0 radical (unpaired) electrons. The van der Waals surface area contributed by atoms with Gasteiger partial charge in [0.25, 0.3) is 0 Å². The molecule has 2 fully saturated rings. The molecular formula is C12H15N5O. The lowest BCUT2D eigenvalue weighted by molar-refractivity contribution is 0.126. The number of aliphatic hydroxyl groups excluding tert-OH is 1. The van der Waals surface area contributed by atoms with E-state index >= 15 is 0 Å². The third kappa shape index (κ3) is 1.89. The zero-order valence-electron chi connectivity index (χ0n) is 9.98. The fraction of sp³-hybridized carbons (Fsp3) is 0.583. The van der Waals surface area contributed by atoms with Gasteiger partial charge in [-0.2, -0.15) is 0 Å². The van der Waals surface area contributed by atoms with E-state index in [0.29, 0.717) is 17.8 Å². The van der Waals surface area contributed by atoms with Crippen LogP contribution in [0.4, 0.5) is 11.5 Å². The van der Waals surface area contributed by atoms with Crippen LogP contribution in [0.3, 0.4) is 0 Å². The van der Waals surface area contributed by atoms with Gasteiger partial charge in [0, 0.05) is 23.2 Å². The zero-order chi connectivity index (χ0) is 12.5. The third-order valence-electron chi connectivity index (χ3n) is 3.87. The summed E-state index contributed by atoms with van der Waals surface area (Å²) in [6, 6.07) is 4.48. The number of hydrogen-bond donors (Lipinski definition) is 1. The fourth-order valence-corrected chi connectivity index (χ4v) is 3.16. The van der Waals surface area contributed by atoms with Crippen molar-refractivity contribution >= 4 is 11.5 Å². The highest BCUT2D eigenvalue weighted by molar-refractivity contribution is 5.48. The highest BCUT2D eigenvalue weighted by atomic mass is 16.3. The van der Waals surface area contributed by atoms with E-state index < -0.39 is 0 Å². The lowest BCUT2D eigenvalue weighted by atomic mass is 10.00. The maximum Gasteiger partial charge on any atom is 0.128 e. The largest absolute Gasteiger partial charge is 0.393 e. The van der Waals surface area contributed by atoms with E-state index in [0.717, 1.165) is 31.5 Å². The first-order valence-corrected chi connectivity index (χ1v) is 6.25. The van der Waals surface area contributed by atoms with E-state index in [1.165, 1.54) is 0 Å². The van der Waals surface area contributed by atoms with Gasteiger partial charge >= 0.3 is 0 Å². The van der Waals surface area contributed by atoms with Crippen LogP contribution in [0.15, 0.2) is 23.4 Å². The van der Waals surface area contributed by atoms with Crippen molar-refractivity contribution < 1.29 is 5.11 Å². The van der Waals surface area contributed by atoms with E-state index in [1.807, 2.05) is 6.07 Å². The van der Waals surface area contributed by atoms with Crippen molar-refractivity contribution in [3.8, 4) is 0 Å². The molecule has 3 heterocycles. The predicted octanol–water partition coefficient (Wildman–Crippen LogP) is 2.52. The molecule has 6 nitrogen and oxygen atoms in total. The molecule has 6 heteroatoms. The summed E-state index contributed by atoms with van der Waals surface area (Å²) in [5.41, 5.74) is 8.89. The molecule has 0 amide bonds. The first kappa shape index (κ1) is 11.3. The molecular weight excluding hydrogens is 230 g/mol. The molecule has 3 atom stereocenters. The minimum absolute atomic E-state index is 0.166. The van der Waals surface area contributed by atoms with Gasteiger partial charge in [0.05, 0.1) is 11.8 Å². The molecule has 1 N–H and O–H groups in total. The summed E-state index contributed by atoms with van der Waals surface area (Å²) in [5, 5.41) is 13.3. The van der Waals surface area contributed by atoms with Crippen LogP contribution < -0.4 is 4.90 Å². The Bertz CT molecular complexity index is 468. The number of nitrogens with zero attached hydrogens (tertiary/aromatic N) is 5. The molecule has 1 aromatic heterocycles. The number of pyridine rings is 1. The van der Waals surface area contributed by atoms with Crippen molar-refractivity contribution in [3.05, 3.63) is 28.8 Å². The van der Waals surface area contributed by atoms with Crippen LogP contribution in [0.25, 0.3) is 10.4 Å². The van der Waals surface area contributed by atoms with Gasteiger partial charge in [-0.25, -0.2) is 4.98 Å². The van der Waals surface area contributed by atoms with Gasteiger partial charge in [-0.1, -0.05) is 5.11 Å². The normalized spacial score (nSPS) is 30.1. The molecule has 0 saturated carbocycles. The van der Waals surface area contributed by atoms with Crippen LogP contribution in [-0.2, 0) is 0 Å². The molecule has 0 unspecified atom stereocenters. The monoisotopic (exact) mass is 245 g/mol. The Morgan fingerprint density at radius 2 is 2.06 bits per heavy atom. The Kier molecular flexibility index (Phi) is 2.81. The number of aromatic nitrogens is 1. The van der Waals surface area contributed by atoms with Crippen LogP contribution in [0.5, 0.6) is 0 Å². The smallest absolute Gasteiger partial charge is 0.128 e. The molecule has 18 heavy (non-hydrogen) atoms. The van der Waals surface area contributed by atoms with Crippen molar-refractivity contribution in [2.75, 3.05) is 4.90 Å². The van der Waals surface area contributed by atoms with E-state index in [9.17, 15) is 5.11 Å². The summed E-state index contributed by atoms with van der Waals surface area (Å²) >= 11 is 0. The average molecular weight is 245 g/mol. The Morgan fingerprint density at radius 3 is 2.61 bits per heavy atom. The number of anilines is 1. The summed E-state index contributed by atoms with van der Waals surface area (Å²) < 4.78 is 0. The molecule has 1 aromatic rings. The van der Waals surface area contributed by atoms with Crippen LogP contribution in [0.2, 0.25) is 0 Å². The number of hydrogen-bond acceptors (Lipinski definition) is 4. The average Bonchev–Trinajstić information content (AvgIpc) is 2.64. The SMILES string of the molecule is [N-]=[N+]=Nc1ccc(N2[C@@H]3CC[C@H]2C[C@@H](O)C3)nc1. The van der Waals surface area contributed by atoms with E-state index in [2.05, 4.69) is 19.9 Å². The maximum atomic E-state index is 9.77. The zero-order valence-corrected chi connectivity index (χ0v) is 9.98. The molecule has 0 aliphatic carbocycles. The first-order valence-electron chi connectivity index (χ1n) is 6.25. The predicted molar refractivity (Wildman–Crippen MR) is 67.6 cm³/mol. The Labute approximate surface area is 105 Å². The molecule has 0 aromatic carbocycles. The summed E-state index contributed by atoms with van der Waals surface area (Å²) in [5.74, 6) is 0.922. The van der Waals surface area contributed by atoms with Gasteiger partial charge in [-0.3, -0.25) is 0 Å². The summed E-state index contributed by atoms with van der Waals surface area (Å²) in [6.45, 7) is 0. The van der Waals surface area contributed by atoms with Crippen LogP contribution in [0.1, 0.15) is 25.7 Å². The molecule has 2 aliphatic rings. The van der Waals surface area contributed by atoms with Crippen LogP contribution in [-0.4, -0.2) is 28.3 Å². The molecule has 2 saturated heterocycles. The van der Waals surface area contributed by atoms with Gasteiger partial charge in [0.1, 0.15) is 5.82 Å². The van der Waals surface area contributed by atoms with E-state index in [-0.39, 0.29) is 6.10 Å². The van der Waals surface area contributed by atoms with Crippen LogP contribution >= 0.6 is 0 Å². The van der Waals surface area contributed by atoms with Crippen molar-refractivity contribution in [1.29, 1.82) is 0 Å². The Morgan fingerprint density at radius 1 is 1.33 bits per heavy atom. The second-order valence-electron chi connectivity index (χ2n) is 4.98.